The highest BCUT2D eigenvalue weighted by Gasteiger charge is 2.32. The summed E-state index contributed by atoms with van der Waals surface area (Å²) in [5.41, 5.74) is 6.97. The number of amides is 1. The zero-order valence-electron chi connectivity index (χ0n) is 27.6. The summed E-state index contributed by atoms with van der Waals surface area (Å²) in [6.07, 6.45) is 7.90. The minimum absolute atomic E-state index is 0.0433. The van der Waals surface area contributed by atoms with Crippen molar-refractivity contribution in [3.63, 3.8) is 0 Å². The van der Waals surface area contributed by atoms with E-state index in [9.17, 15) is 14.7 Å². The van der Waals surface area contributed by atoms with Crippen LogP contribution in [0.5, 0.6) is 0 Å². The molecule has 0 radical (unpaired) electrons. The highest BCUT2D eigenvalue weighted by atomic mass is 32.1. The number of piperidine rings is 1. The minimum atomic E-state index is -0.922. The number of carboxylic acid groups (broad SMARTS) is 1. The Morgan fingerprint density at radius 2 is 1.85 bits per heavy atom. The van der Waals surface area contributed by atoms with E-state index in [4.69, 9.17) is 4.98 Å². The highest BCUT2D eigenvalue weighted by molar-refractivity contribution is 7.21. The number of aromatic carboxylic acids is 1. The lowest BCUT2D eigenvalue weighted by Crippen LogP contribution is -2.46. The molecule has 1 saturated heterocycles. The fraction of sp³-hybridized carbons (Fsp3) is 0.459. The summed E-state index contributed by atoms with van der Waals surface area (Å²) in [6, 6.07) is 12.5. The standard InChI is InChI=1S/C37H43N5O3S2/c1-21-35(46-23(3)39-21)29-15-12-25-17-26(13-14-28(25)40-29)34-33(24-9-6-5-7-10-24)36-30(18-31(47-36)37(44)45)42(34)20-32(43)41(4)22(2)27-11-8-16-38-19-27/h12-15,17-18,22,24,27,38H,5-11,16,19-20H2,1-4H3,(H,44,45). The van der Waals surface area contributed by atoms with Crippen molar-refractivity contribution in [2.24, 2.45) is 5.92 Å². The fourth-order valence-electron chi connectivity index (χ4n) is 7.75. The number of nitrogens with one attached hydrogen (secondary N) is 1. The number of aromatic nitrogens is 3. The van der Waals surface area contributed by atoms with Crippen molar-refractivity contribution >= 4 is 55.7 Å². The zero-order chi connectivity index (χ0) is 32.8. The molecule has 4 aromatic heterocycles. The van der Waals surface area contributed by atoms with Crippen LogP contribution in [-0.2, 0) is 11.3 Å². The zero-order valence-corrected chi connectivity index (χ0v) is 29.3. The summed E-state index contributed by atoms with van der Waals surface area (Å²) in [5.74, 6) is -0.150. The molecule has 10 heteroatoms. The summed E-state index contributed by atoms with van der Waals surface area (Å²) in [6.45, 7) is 8.32. The number of thiophene rings is 1. The van der Waals surface area contributed by atoms with Crippen LogP contribution in [0.25, 0.3) is 42.9 Å². The van der Waals surface area contributed by atoms with Gasteiger partial charge in [-0.3, -0.25) is 4.79 Å². The van der Waals surface area contributed by atoms with Crippen molar-refractivity contribution < 1.29 is 14.7 Å². The van der Waals surface area contributed by atoms with Gasteiger partial charge in [0.15, 0.2) is 0 Å². The third-order valence-corrected chi connectivity index (χ3v) is 12.7. The third kappa shape index (κ3) is 6.11. The maximum atomic E-state index is 14.1. The van der Waals surface area contributed by atoms with E-state index in [-0.39, 0.29) is 18.5 Å². The molecular weight excluding hydrogens is 627 g/mol. The molecule has 2 aliphatic rings. The SMILES string of the molecule is Cc1nc(C)c(-c2ccc3cc(-c4c(C5CCCCC5)c5sc(C(=O)O)cc5n4CC(=O)N(C)C(C)C4CCCNC4)ccc3n2)s1. The Bertz CT molecular complexity index is 1960. The van der Waals surface area contributed by atoms with Crippen molar-refractivity contribution in [1.29, 1.82) is 0 Å². The monoisotopic (exact) mass is 669 g/mol. The lowest BCUT2D eigenvalue weighted by molar-refractivity contribution is -0.133. The van der Waals surface area contributed by atoms with Crippen LogP contribution >= 0.6 is 22.7 Å². The Kier molecular flexibility index (Phi) is 8.93. The number of benzene rings is 1. The third-order valence-electron chi connectivity index (χ3n) is 10.4. The second-order valence-electron chi connectivity index (χ2n) is 13.4. The molecule has 1 aliphatic heterocycles. The number of hydrogen-bond donors (Lipinski definition) is 2. The number of fused-ring (bicyclic) bond motifs is 2. The molecule has 1 aliphatic carbocycles. The van der Waals surface area contributed by atoms with E-state index in [1.54, 1.807) is 17.4 Å². The number of thiazole rings is 1. The molecule has 1 aromatic carbocycles. The molecule has 5 aromatic rings. The van der Waals surface area contributed by atoms with Gasteiger partial charge in [-0.25, -0.2) is 14.8 Å². The van der Waals surface area contributed by atoms with Crippen LogP contribution in [0, 0.1) is 19.8 Å². The van der Waals surface area contributed by atoms with E-state index >= 15 is 0 Å². The maximum absolute atomic E-state index is 14.1. The molecule has 2 unspecified atom stereocenters. The first kappa shape index (κ1) is 32.0. The largest absolute Gasteiger partial charge is 0.477 e. The van der Waals surface area contributed by atoms with Gasteiger partial charge < -0.3 is 19.9 Å². The van der Waals surface area contributed by atoms with Crippen LogP contribution in [0.2, 0.25) is 0 Å². The number of carboxylic acids is 1. The van der Waals surface area contributed by atoms with Gasteiger partial charge in [0.05, 0.1) is 42.7 Å². The number of aryl methyl sites for hydroxylation is 2. The van der Waals surface area contributed by atoms with Crippen molar-refractivity contribution in [3.05, 3.63) is 57.5 Å². The van der Waals surface area contributed by atoms with Crippen LogP contribution in [0.15, 0.2) is 36.4 Å². The van der Waals surface area contributed by atoms with Crippen molar-refractivity contribution in [1.82, 2.24) is 24.8 Å². The Morgan fingerprint density at radius 3 is 2.55 bits per heavy atom. The normalized spacial score (nSPS) is 18.2. The van der Waals surface area contributed by atoms with Gasteiger partial charge in [0, 0.05) is 18.5 Å². The van der Waals surface area contributed by atoms with Crippen molar-refractivity contribution in [3.8, 4) is 21.8 Å². The molecule has 8 nitrogen and oxygen atoms in total. The summed E-state index contributed by atoms with van der Waals surface area (Å²) < 4.78 is 3.13. The predicted octanol–water partition coefficient (Wildman–Crippen LogP) is 8.25. The van der Waals surface area contributed by atoms with Gasteiger partial charge in [0.25, 0.3) is 0 Å². The average molecular weight is 670 g/mol. The van der Waals surface area contributed by atoms with Crippen LogP contribution in [0.1, 0.15) is 83.7 Å². The van der Waals surface area contributed by atoms with E-state index in [0.717, 1.165) is 105 Å². The fourth-order valence-corrected chi connectivity index (χ4v) is 9.76. The van der Waals surface area contributed by atoms with Gasteiger partial charge in [0.1, 0.15) is 11.4 Å². The lowest BCUT2D eigenvalue weighted by atomic mass is 9.83. The minimum Gasteiger partial charge on any atom is -0.477 e. The Balaban J connectivity index is 1.35. The van der Waals surface area contributed by atoms with Crippen LogP contribution in [0.3, 0.4) is 0 Å². The lowest BCUT2D eigenvalue weighted by Gasteiger charge is -2.35. The van der Waals surface area contributed by atoms with Crippen LogP contribution in [-0.4, -0.2) is 62.6 Å². The molecule has 0 bridgehead atoms. The van der Waals surface area contributed by atoms with Crippen molar-refractivity contribution in [2.75, 3.05) is 20.1 Å². The molecule has 7 rings (SSSR count). The quantitative estimate of drug-likeness (QED) is 0.173. The number of pyridine rings is 1. The first-order chi connectivity index (χ1) is 22.7. The van der Waals surface area contributed by atoms with E-state index in [2.05, 4.69) is 52.1 Å². The molecule has 5 heterocycles. The Morgan fingerprint density at radius 1 is 1.04 bits per heavy atom. The van der Waals surface area contributed by atoms with E-state index < -0.39 is 5.97 Å². The van der Waals surface area contributed by atoms with E-state index in [1.165, 1.54) is 23.3 Å². The van der Waals surface area contributed by atoms with Gasteiger partial charge in [-0.2, -0.15) is 0 Å². The van der Waals surface area contributed by atoms with E-state index in [1.807, 2.05) is 25.8 Å². The number of likely N-dealkylation sites (N-methyl/N-ethyl adjacent to an activating group) is 1. The summed E-state index contributed by atoms with van der Waals surface area (Å²) in [5, 5.41) is 15.6. The van der Waals surface area contributed by atoms with Gasteiger partial charge in [-0.15, -0.1) is 22.7 Å². The number of carbonyl (C=O) groups is 2. The average Bonchev–Trinajstić information content (AvgIpc) is 3.76. The van der Waals surface area contributed by atoms with E-state index in [0.29, 0.717) is 16.7 Å². The second-order valence-corrected chi connectivity index (χ2v) is 15.7. The molecule has 1 saturated carbocycles. The Hall–Kier alpha value is -3.60. The number of carbonyl (C=O) groups excluding carboxylic acids is 1. The topological polar surface area (TPSA) is 100 Å². The molecule has 1 amide bonds. The summed E-state index contributed by atoms with van der Waals surface area (Å²) >= 11 is 3.02. The second kappa shape index (κ2) is 13.1. The Labute approximate surface area is 283 Å². The first-order valence-electron chi connectivity index (χ1n) is 16.9. The van der Waals surface area contributed by atoms with Crippen LogP contribution in [0.4, 0.5) is 0 Å². The number of nitrogens with zero attached hydrogens (tertiary/aromatic N) is 4. The first-order valence-corrected chi connectivity index (χ1v) is 18.5. The summed E-state index contributed by atoms with van der Waals surface area (Å²) in [4.78, 5) is 39.3. The smallest absolute Gasteiger partial charge is 0.345 e. The van der Waals surface area contributed by atoms with Gasteiger partial charge in [0.2, 0.25) is 5.91 Å². The van der Waals surface area contributed by atoms with Gasteiger partial charge in [-0.1, -0.05) is 31.4 Å². The maximum Gasteiger partial charge on any atom is 0.345 e. The van der Waals surface area contributed by atoms with Gasteiger partial charge in [-0.05, 0) is 107 Å². The molecule has 246 valence electrons. The molecule has 2 fully saturated rings. The van der Waals surface area contributed by atoms with Crippen LogP contribution < -0.4 is 5.32 Å². The van der Waals surface area contributed by atoms with Crippen molar-refractivity contribution in [2.45, 2.75) is 84.2 Å². The number of rotatable bonds is 8. The molecule has 0 spiro atoms. The molecule has 47 heavy (non-hydrogen) atoms. The molecular formula is C37H43N5O3S2. The predicted molar refractivity (Wildman–Crippen MR) is 192 cm³/mol. The van der Waals surface area contributed by atoms with Gasteiger partial charge >= 0.3 is 5.97 Å². The number of hydrogen-bond acceptors (Lipinski definition) is 7. The summed E-state index contributed by atoms with van der Waals surface area (Å²) in [7, 11) is 1.92. The highest BCUT2D eigenvalue weighted by Crippen LogP contribution is 2.47. The molecule has 2 N–H and O–H groups in total. The molecule has 2 atom stereocenters.